The third kappa shape index (κ3) is 5.05. The number of carbonyl (C=O) groups excluding carboxylic acids is 2. The highest BCUT2D eigenvalue weighted by atomic mass is 19.4. The molecule has 1 heterocycles. The van der Waals surface area contributed by atoms with Crippen LogP contribution >= 0.6 is 0 Å². The quantitative estimate of drug-likeness (QED) is 0.582. The molecule has 0 saturated heterocycles. The first-order valence-electron chi connectivity index (χ1n) is 8.98. The fourth-order valence-corrected chi connectivity index (χ4v) is 2.64. The van der Waals surface area contributed by atoms with Crippen molar-refractivity contribution in [2.45, 2.75) is 26.1 Å². The van der Waals surface area contributed by atoms with E-state index in [-0.39, 0.29) is 28.7 Å². The van der Waals surface area contributed by atoms with Crippen molar-refractivity contribution in [3.63, 3.8) is 0 Å². The van der Waals surface area contributed by atoms with Gasteiger partial charge in [-0.05, 0) is 50.2 Å². The van der Waals surface area contributed by atoms with Crippen LogP contribution < -0.4 is 10.6 Å². The van der Waals surface area contributed by atoms with E-state index in [1.54, 1.807) is 13.8 Å². The molecule has 0 aliphatic heterocycles. The number of nitrogens with one attached hydrogen (secondary N) is 2. The maximum absolute atomic E-state index is 14.2. The molecule has 0 bridgehead atoms. The summed E-state index contributed by atoms with van der Waals surface area (Å²) in [7, 11) is 0. The molecule has 0 atom stereocenters. The molecule has 0 fully saturated rings. The highest BCUT2D eigenvalue weighted by Gasteiger charge is 2.38. The van der Waals surface area contributed by atoms with Gasteiger partial charge in [0.15, 0.2) is 0 Å². The van der Waals surface area contributed by atoms with E-state index in [0.29, 0.717) is 0 Å². The Balaban J connectivity index is 1.80. The minimum atomic E-state index is -4.76. The Morgan fingerprint density at radius 2 is 1.71 bits per heavy atom. The van der Waals surface area contributed by atoms with Crippen LogP contribution in [0.5, 0.6) is 0 Å². The van der Waals surface area contributed by atoms with Gasteiger partial charge in [0.1, 0.15) is 5.82 Å². The lowest BCUT2D eigenvalue weighted by molar-refractivity contribution is -0.159. The number of hydrogen-bond acceptors (Lipinski definition) is 5. The Hall–Kier alpha value is -3.76. The van der Waals surface area contributed by atoms with E-state index in [9.17, 15) is 27.2 Å². The zero-order valence-corrected chi connectivity index (χ0v) is 16.2. The Morgan fingerprint density at radius 3 is 2.29 bits per heavy atom. The van der Waals surface area contributed by atoms with Crippen molar-refractivity contribution in [1.82, 2.24) is 15.5 Å². The normalized spacial score (nSPS) is 11.5. The molecule has 162 valence electrons. The van der Waals surface area contributed by atoms with Crippen LogP contribution in [-0.4, -0.2) is 28.0 Å². The van der Waals surface area contributed by atoms with E-state index in [1.165, 1.54) is 36.4 Å². The first kappa shape index (κ1) is 21.9. The van der Waals surface area contributed by atoms with Crippen LogP contribution in [0, 0.1) is 5.82 Å². The molecule has 0 radical (unpaired) electrons. The predicted octanol–water partition coefficient (Wildman–Crippen LogP) is 4.29. The van der Waals surface area contributed by atoms with Crippen LogP contribution in [0.1, 0.15) is 40.5 Å². The van der Waals surface area contributed by atoms with Crippen LogP contribution in [0.15, 0.2) is 47.0 Å². The highest BCUT2D eigenvalue weighted by Crippen LogP contribution is 2.29. The first-order valence-corrected chi connectivity index (χ1v) is 8.98. The van der Waals surface area contributed by atoms with Crippen molar-refractivity contribution in [2.24, 2.45) is 0 Å². The molecular formula is C20H16F4N4O3. The smallest absolute Gasteiger partial charge is 0.350 e. The van der Waals surface area contributed by atoms with Crippen LogP contribution in [0.25, 0.3) is 11.4 Å². The Kier molecular flexibility index (Phi) is 6.04. The van der Waals surface area contributed by atoms with Crippen molar-refractivity contribution in [1.29, 1.82) is 0 Å². The summed E-state index contributed by atoms with van der Waals surface area (Å²) >= 11 is 0. The van der Waals surface area contributed by atoms with Crippen LogP contribution in [0.2, 0.25) is 0 Å². The predicted molar refractivity (Wildman–Crippen MR) is 102 cm³/mol. The van der Waals surface area contributed by atoms with Crippen LogP contribution in [0.3, 0.4) is 0 Å². The molecule has 11 heteroatoms. The number of amides is 2. The molecule has 0 spiro atoms. The van der Waals surface area contributed by atoms with Crippen molar-refractivity contribution in [2.75, 3.05) is 5.32 Å². The van der Waals surface area contributed by atoms with Crippen molar-refractivity contribution in [3.8, 4) is 11.4 Å². The molecular weight excluding hydrogens is 420 g/mol. The second-order valence-electron chi connectivity index (χ2n) is 6.74. The summed E-state index contributed by atoms with van der Waals surface area (Å²) in [6.45, 7) is 3.39. The maximum Gasteiger partial charge on any atom is 0.471 e. The molecule has 1 aromatic heterocycles. The lowest BCUT2D eigenvalue weighted by atomic mass is 10.0. The second-order valence-corrected chi connectivity index (χ2v) is 6.74. The first-order chi connectivity index (χ1) is 14.6. The third-order valence-corrected chi connectivity index (χ3v) is 3.97. The van der Waals surface area contributed by atoms with Gasteiger partial charge >= 0.3 is 12.1 Å². The average Bonchev–Trinajstić information content (AvgIpc) is 3.18. The molecule has 0 aliphatic rings. The molecule has 7 nitrogen and oxygen atoms in total. The molecule has 0 aliphatic carbocycles. The number of carbonyl (C=O) groups is 2. The van der Waals surface area contributed by atoms with Gasteiger partial charge in [0, 0.05) is 17.3 Å². The standard InChI is InChI=1S/C20H16F4N4O3/c1-10(2)25-18(30)15-13(4-3-5-14(15)21)17(29)26-12-8-6-11(7-9-12)16-27-19(31-28-16)20(22,23)24/h3-10H,1-2H3,(H,25,30)(H,26,29). The largest absolute Gasteiger partial charge is 0.471 e. The average molecular weight is 436 g/mol. The number of hydrogen-bond donors (Lipinski definition) is 2. The number of anilines is 1. The fourth-order valence-electron chi connectivity index (χ4n) is 2.64. The van der Waals surface area contributed by atoms with Crippen molar-refractivity contribution in [3.05, 3.63) is 65.3 Å². The van der Waals surface area contributed by atoms with Gasteiger partial charge in [-0.3, -0.25) is 9.59 Å². The number of nitrogens with zero attached hydrogens (tertiary/aromatic N) is 2. The minimum Gasteiger partial charge on any atom is -0.350 e. The van der Waals surface area contributed by atoms with Gasteiger partial charge in [-0.1, -0.05) is 11.2 Å². The molecule has 2 N–H and O–H groups in total. The number of halogens is 4. The van der Waals surface area contributed by atoms with Crippen LogP contribution in [-0.2, 0) is 6.18 Å². The summed E-state index contributed by atoms with van der Waals surface area (Å²) in [6.07, 6.45) is -4.76. The summed E-state index contributed by atoms with van der Waals surface area (Å²) in [6, 6.07) is 8.94. The molecule has 3 rings (SSSR count). The topological polar surface area (TPSA) is 97.1 Å². The zero-order chi connectivity index (χ0) is 22.8. The molecule has 2 amide bonds. The van der Waals surface area contributed by atoms with Gasteiger partial charge in [0.2, 0.25) is 5.82 Å². The van der Waals surface area contributed by atoms with Crippen LogP contribution in [0.4, 0.5) is 23.2 Å². The number of alkyl halides is 3. The van der Waals surface area contributed by atoms with E-state index in [0.717, 1.165) is 6.07 Å². The molecule has 31 heavy (non-hydrogen) atoms. The number of rotatable bonds is 5. The number of aromatic nitrogens is 2. The Labute approximate surface area is 173 Å². The summed E-state index contributed by atoms with van der Waals surface area (Å²) in [4.78, 5) is 28.2. The maximum atomic E-state index is 14.2. The minimum absolute atomic E-state index is 0.171. The van der Waals surface area contributed by atoms with E-state index in [4.69, 9.17) is 0 Å². The molecule has 0 saturated carbocycles. The third-order valence-electron chi connectivity index (χ3n) is 3.97. The van der Waals surface area contributed by atoms with Gasteiger partial charge in [-0.2, -0.15) is 18.2 Å². The second kappa shape index (κ2) is 8.54. The fraction of sp³-hybridized carbons (Fsp3) is 0.200. The van der Waals surface area contributed by atoms with Gasteiger partial charge in [0.05, 0.1) is 11.1 Å². The van der Waals surface area contributed by atoms with Gasteiger partial charge in [-0.15, -0.1) is 0 Å². The molecule has 0 unspecified atom stereocenters. The van der Waals surface area contributed by atoms with E-state index < -0.39 is 35.3 Å². The highest BCUT2D eigenvalue weighted by molar-refractivity contribution is 6.12. The summed E-state index contributed by atoms with van der Waals surface area (Å²) in [5.74, 6) is -4.06. The monoisotopic (exact) mass is 436 g/mol. The lowest BCUT2D eigenvalue weighted by Gasteiger charge is -2.13. The number of benzene rings is 2. The van der Waals surface area contributed by atoms with Crippen molar-refractivity contribution < 1.29 is 31.7 Å². The van der Waals surface area contributed by atoms with E-state index in [2.05, 4.69) is 25.3 Å². The Morgan fingerprint density at radius 1 is 1.03 bits per heavy atom. The van der Waals surface area contributed by atoms with E-state index in [1.807, 2.05) is 0 Å². The SMILES string of the molecule is CC(C)NC(=O)c1c(F)cccc1C(=O)Nc1ccc(-c2noc(C(F)(F)F)n2)cc1. The summed E-state index contributed by atoms with van der Waals surface area (Å²) in [5.41, 5.74) is -0.0835. The lowest BCUT2D eigenvalue weighted by Crippen LogP contribution is -2.32. The molecule has 2 aromatic carbocycles. The van der Waals surface area contributed by atoms with Crippen molar-refractivity contribution >= 4 is 17.5 Å². The summed E-state index contributed by atoms with van der Waals surface area (Å²) in [5, 5.41) is 8.32. The van der Waals surface area contributed by atoms with Gasteiger partial charge in [-0.25, -0.2) is 4.39 Å². The summed E-state index contributed by atoms with van der Waals surface area (Å²) < 4.78 is 56.1. The van der Waals surface area contributed by atoms with E-state index >= 15 is 0 Å². The van der Waals surface area contributed by atoms with Gasteiger partial charge < -0.3 is 15.2 Å². The Bertz CT molecular complexity index is 1110. The zero-order valence-electron chi connectivity index (χ0n) is 16.2. The molecule has 3 aromatic rings. The van der Waals surface area contributed by atoms with Gasteiger partial charge in [0.25, 0.3) is 11.8 Å².